The average Bonchev–Trinajstić information content (AvgIpc) is 2.63. The fourth-order valence-corrected chi connectivity index (χ4v) is 1.97. The van der Waals surface area contributed by atoms with E-state index in [9.17, 15) is 0 Å². The molecule has 0 bridgehead atoms. The fourth-order valence-electron chi connectivity index (χ4n) is 0.839. The number of aryl methyl sites for hydroxylation is 1. The minimum absolute atomic E-state index is 0.351. The zero-order valence-electron chi connectivity index (χ0n) is 7.85. The van der Waals surface area contributed by atoms with Crippen LogP contribution in [0.4, 0.5) is 5.82 Å². The first-order valence-electron chi connectivity index (χ1n) is 3.83. The van der Waals surface area contributed by atoms with Gasteiger partial charge in [0.25, 0.3) is 0 Å². The van der Waals surface area contributed by atoms with Crippen LogP contribution < -0.4 is 22.1 Å². The Labute approximate surface area is 102 Å². The Morgan fingerprint density at radius 1 is 1.67 bits per heavy atom. The first kappa shape index (κ1) is 12.3. The normalized spacial score (nSPS) is 9.80. The summed E-state index contributed by atoms with van der Waals surface area (Å²) in [6.45, 7) is 1.84. The molecule has 1 heterocycles. The quantitative estimate of drug-likeness (QED) is 0.323. The Balaban J connectivity index is 2.69. The van der Waals surface area contributed by atoms with Crippen LogP contribution in [0, 0.1) is 6.92 Å². The molecule has 0 spiro atoms. The summed E-state index contributed by atoms with van der Waals surface area (Å²) < 4.78 is 0.719. The number of anilines is 1. The van der Waals surface area contributed by atoms with Crippen molar-refractivity contribution < 1.29 is 0 Å². The monoisotopic (exact) mass is 262 g/mol. The highest BCUT2D eigenvalue weighted by Gasteiger charge is 2.14. The van der Waals surface area contributed by atoms with Crippen LogP contribution in [-0.2, 0) is 0 Å². The lowest BCUT2D eigenvalue weighted by atomic mass is 10.5. The second-order valence-electron chi connectivity index (χ2n) is 2.52. The number of hydrogen-bond acceptors (Lipinski definition) is 6. The maximum absolute atomic E-state index is 5.75. The summed E-state index contributed by atoms with van der Waals surface area (Å²) in [4.78, 5) is 6.92. The molecule has 6 nitrogen and oxygen atoms in total. The number of nitrogens with zero attached hydrogens (tertiary/aromatic N) is 2. The van der Waals surface area contributed by atoms with Crippen LogP contribution in [-0.4, -0.2) is 18.6 Å². The molecule has 6 N–H and O–H groups in total. The molecule has 0 saturated heterocycles. The zero-order chi connectivity index (χ0) is 11.4. The van der Waals surface area contributed by atoms with Gasteiger partial charge in [0.05, 0.1) is 12.0 Å². The van der Waals surface area contributed by atoms with Crippen molar-refractivity contribution in [2.45, 2.75) is 6.92 Å². The first-order valence-corrected chi connectivity index (χ1v) is 5.46. The molecule has 1 aromatic rings. The van der Waals surface area contributed by atoms with E-state index in [1.54, 1.807) is 0 Å². The summed E-state index contributed by atoms with van der Waals surface area (Å²) in [6.07, 6.45) is 1.54. The van der Waals surface area contributed by atoms with Crippen LogP contribution >= 0.6 is 36.2 Å². The van der Waals surface area contributed by atoms with E-state index < -0.39 is 0 Å². The number of thiocarbonyl (C=S) groups is 2. The molecular weight excluding hydrogens is 252 g/mol. The molecule has 0 atom stereocenters. The van der Waals surface area contributed by atoms with Gasteiger partial charge in [-0.1, -0.05) is 24.4 Å². The molecule has 0 saturated carbocycles. The van der Waals surface area contributed by atoms with Gasteiger partial charge in [0.2, 0.25) is 0 Å². The van der Waals surface area contributed by atoms with Gasteiger partial charge >= 0.3 is 0 Å². The van der Waals surface area contributed by atoms with Crippen molar-refractivity contribution in [3.05, 3.63) is 12.0 Å². The highest BCUT2D eigenvalue weighted by molar-refractivity contribution is 8.38. The zero-order valence-corrected chi connectivity index (χ0v) is 10.3. The number of nitrogens with one attached hydrogen (secondary N) is 2. The Bertz CT molecular complexity index is 375. The number of thioether (sulfide) groups is 1. The van der Waals surface area contributed by atoms with Crippen LogP contribution in [0.1, 0.15) is 5.69 Å². The lowest BCUT2D eigenvalue weighted by molar-refractivity contribution is 1.07. The Kier molecular flexibility index (Phi) is 4.42. The van der Waals surface area contributed by atoms with E-state index in [1.165, 1.54) is 11.3 Å². The molecule has 0 fully saturated rings. The third-order valence-corrected chi connectivity index (χ3v) is 3.02. The summed E-state index contributed by atoms with van der Waals surface area (Å²) in [6, 6.07) is 0. The van der Waals surface area contributed by atoms with Gasteiger partial charge in [-0.05, 0) is 18.7 Å². The van der Waals surface area contributed by atoms with Crippen LogP contribution in [0.15, 0.2) is 6.33 Å². The third kappa shape index (κ3) is 3.11. The fraction of sp³-hybridized carbons (Fsp3) is 0.167. The predicted molar refractivity (Wildman–Crippen MR) is 70.1 cm³/mol. The molecule has 1 rings (SSSR count). The second-order valence-corrected chi connectivity index (χ2v) is 4.83. The van der Waals surface area contributed by atoms with Gasteiger partial charge in [0.1, 0.15) is 0 Å². The summed E-state index contributed by atoms with van der Waals surface area (Å²) >= 11 is 11.0. The van der Waals surface area contributed by atoms with Crippen LogP contribution in [0.25, 0.3) is 0 Å². The van der Waals surface area contributed by atoms with E-state index in [-0.39, 0.29) is 0 Å². The van der Waals surface area contributed by atoms with Gasteiger partial charge in [-0.15, -0.1) is 0 Å². The van der Waals surface area contributed by atoms with Gasteiger partial charge in [-0.3, -0.25) is 0 Å². The lowest BCUT2D eigenvalue weighted by Crippen LogP contribution is -2.37. The number of aromatic amines is 1. The first-order chi connectivity index (χ1) is 7.06. The van der Waals surface area contributed by atoms with E-state index in [2.05, 4.69) is 15.4 Å². The SMILES string of the molecule is Cc1[nH]cnc1N(N)C(=S)SC(=S)NN. The Morgan fingerprint density at radius 3 is 2.80 bits per heavy atom. The molecule has 15 heavy (non-hydrogen) atoms. The summed E-state index contributed by atoms with van der Waals surface area (Å²) in [5, 5.41) is 1.27. The van der Waals surface area contributed by atoms with E-state index >= 15 is 0 Å². The molecule has 0 amide bonds. The number of rotatable bonds is 1. The number of nitrogens with two attached hydrogens (primary N) is 2. The molecule has 0 radical (unpaired) electrons. The number of H-pyrrole nitrogens is 1. The summed E-state index contributed by atoms with van der Waals surface area (Å²) in [5.74, 6) is 11.4. The highest BCUT2D eigenvalue weighted by Crippen LogP contribution is 2.17. The minimum atomic E-state index is 0.351. The van der Waals surface area contributed by atoms with Gasteiger partial charge in [-0.2, -0.15) is 0 Å². The number of aromatic nitrogens is 2. The smallest absolute Gasteiger partial charge is 0.169 e. The standard InChI is InChI=1S/C6H10N6S3/c1-3-4(10-2-9-3)12(8)6(14)15-5(13)11-7/h2H,7-8H2,1H3,(H,9,10)(H,11,13). The van der Waals surface area contributed by atoms with Crippen LogP contribution in [0.5, 0.6) is 0 Å². The largest absolute Gasteiger partial charge is 0.347 e. The molecule has 0 aliphatic rings. The van der Waals surface area contributed by atoms with E-state index in [0.29, 0.717) is 14.5 Å². The van der Waals surface area contributed by atoms with Gasteiger partial charge in [-0.25, -0.2) is 21.7 Å². The average molecular weight is 262 g/mol. The maximum Gasteiger partial charge on any atom is 0.169 e. The van der Waals surface area contributed by atoms with Gasteiger partial charge in [0.15, 0.2) is 14.5 Å². The summed E-state index contributed by atoms with van der Waals surface area (Å²) in [7, 11) is 0. The van der Waals surface area contributed by atoms with Gasteiger partial charge < -0.3 is 10.4 Å². The van der Waals surface area contributed by atoms with Crippen LogP contribution in [0.2, 0.25) is 0 Å². The lowest BCUT2D eigenvalue weighted by Gasteiger charge is -2.16. The number of hydrogen-bond donors (Lipinski definition) is 4. The van der Waals surface area contributed by atoms with Crippen molar-refractivity contribution in [2.24, 2.45) is 11.7 Å². The Hall–Kier alpha value is -0.740. The van der Waals surface area contributed by atoms with Gasteiger partial charge in [0, 0.05) is 0 Å². The highest BCUT2D eigenvalue weighted by atomic mass is 32.2. The molecule has 82 valence electrons. The third-order valence-electron chi connectivity index (χ3n) is 1.53. The molecule has 0 aliphatic heterocycles. The van der Waals surface area contributed by atoms with Crippen molar-refractivity contribution in [1.29, 1.82) is 0 Å². The van der Waals surface area contributed by atoms with Crippen molar-refractivity contribution in [2.75, 3.05) is 5.01 Å². The predicted octanol–water partition coefficient (Wildman–Crippen LogP) is 0.165. The van der Waals surface area contributed by atoms with E-state index in [4.69, 9.17) is 36.1 Å². The van der Waals surface area contributed by atoms with E-state index in [1.807, 2.05) is 6.92 Å². The number of hydrazine groups is 2. The van der Waals surface area contributed by atoms with Crippen molar-refractivity contribution in [1.82, 2.24) is 15.4 Å². The minimum Gasteiger partial charge on any atom is -0.347 e. The van der Waals surface area contributed by atoms with Crippen LogP contribution in [0.3, 0.4) is 0 Å². The second kappa shape index (κ2) is 5.37. The van der Waals surface area contributed by atoms with Crippen molar-refractivity contribution >= 4 is 50.7 Å². The Morgan fingerprint density at radius 2 is 2.33 bits per heavy atom. The van der Waals surface area contributed by atoms with Crippen molar-refractivity contribution in [3.63, 3.8) is 0 Å². The molecule has 0 unspecified atom stereocenters. The molecular formula is C6H10N6S3. The maximum atomic E-state index is 5.75. The molecule has 9 heteroatoms. The number of imidazole rings is 1. The topological polar surface area (TPSA) is 96.0 Å². The van der Waals surface area contributed by atoms with Crippen molar-refractivity contribution in [3.8, 4) is 0 Å². The summed E-state index contributed by atoms with van der Waals surface area (Å²) in [5.41, 5.74) is 3.13. The molecule has 1 aromatic heterocycles. The molecule has 0 aliphatic carbocycles. The molecule has 0 aromatic carbocycles. The van der Waals surface area contributed by atoms with E-state index in [0.717, 1.165) is 17.5 Å².